The molecule has 0 aliphatic heterocycles. The lowest BCUT2D eigenvalue weighted by molar-refractivity contribution is 0.102. The minimum atomic E-state index is -0.204. The molecule has 4 aromatic rings. The number of aromatic nitrogens is 4. The minimum Gasteiger partial charge on any atom is -0.496 e. The van der Waals surface area contributed by atoms with E-state index in [2.05, 4.69) is 36.5 Å². The summed E-state index contributed by atoms with van der Waals surface area (Å²) < 4.78 is 7.63. The monoisotopic (exact) mass is 443 g/mol. The highest BCUT2D eigenvalue weighted by molar-refractivity contribution is 9.10. The van der Waals surface area contributed by atoms with Crippen LogP contribution in [0.1, 0.15) is 16.2 Å². The molecular weight excluding hydrogens is 430 g/mol. The van der Waals surface area contributed by atoms with Gasteiger partial charge in [0.1, 0.15) is 10.8 Å². The molecule has 9 heteroatoms. The van der Waals surface area contributed by atoms with Gasteiger partial charge in [-0.3, -0.25) is 4.79 Å². The molecular formula is C18H14BrN5O2S. The van der Waals surface area contributed by atoms with Gasteiger partial charge in [-0.15, -0.1) is 10.2 Å². The van der Waals surface area contributed by atoms with Crippen LogP contribution in [0.2, 0.25) is 0 Å². The number of carbonyl (C=O) groups is 1. The Labute approximate surface area is 167 Å². The Morgan fingerprint density at radius 1 is 1.22 bits per heavy atom. The molecule has 0 radical (unpaired) electrons. The fourth-order valence-electron chi connectivity index (χ4n) is 2.57. The van der Waals surface area contributed by atoms with Crippen molar-refractivity contribution in [3.8, 4) is 16.3 Å². The number of rotatable bonds is 4. The average molecular weight is 444 g/mol. The summed E-state index contributed by atoms with van der Waals surface area (Å²) in [7, 11) is 1.58. The first-order chi connectivity index (χ1) is 13.0. The summed E-state index contributed by atoms with van der Waals surface area (Å²) in [5, 5.41) is 16.3. The largest absolute Gasteiger partial charge is 0.496 e. The highest BCUT2D eigenvalue weighted by atomic mass is 79.9. The van der Waals surface area contributed by atoms with Crippen LogP contribution < -0.4 is 10.1 Å². The lowest BCUT2D eigenvalue weighted by atomic mass is 10.1. The van der Waals surface area contributed by atoms with Crippen LogP contribution in [0.5, 0.6) is 5.75 Å². The van der Waals surface area contributed by atoms with Gasteiger partial charge in [-0.05, 0) is 53.2 Å². The quantitative estimate of drug-likeness (QED) is 0.511. The van der Waals surface area contributed by atoms with Crippen molar-refractivity contribution >= 4 is 43.8 Å². The van der Waals surface area contributed by atoms with Crippen LogP contribution >= 0.6 is 27.3 Å². The first-order valence-electron chi connectivity index (χ1n) is 7.99. The Morgan fingerprint density at radius 3 is 2.81 bits per heavy atom. The average Bonchev–Trinajstić information content (AvgIpc) is 3.24. The van der Waals surface area contributed by atoms with Gasteiger partial charge >= 0.3 is 0 Å². The number of amides is 1. The second-order valence-corrected chi connectivity index (χ2v) is 7.54. The maximum atomic E-state index is 12.5. The molecule has 0 aliphatic carbocycles. The lowest BCUT2D eigenvalue weighted by Gasteiger charge is -2.08. The standard InChI is InChI=1S/C18H14BrN5O2S/c1-10-21-22-18-24(10)23-17(27-18)12-4-3-5-13(8-12)20-16(25)11-6-7-15(26-2)14(19)9-11/h3-9H,1-2H3,(H,20,25). The Balaban J connectivity index is 1.58. The van der Waals surface area contributed by atoms with Crippen molar-refractivity contribution in [1.82, 2.24) is 19.8 Å². The fourth-order valence-corrected chi connectivity index (χ4v) is 3.99. The third-order valence-corrected chi connectivity index (χ3v) is 5.50. The molecule has 2 heterocycles. The van der Waals surface area contributed by atoms with Gasteiger partial charge in [0.25, 0.3) is 5.91 Å². The summed E-state index contributed by atoms with van der Waals surface area (Å²) in [6.45, 7) is 1.85. The number of methoxy groups -OCH3 is 1. The number of ether oxygens (including phenoxy) is 1. The fraction of sp³-hybridized carbons (Fsp3) is 0.111. The maximum absolute atomic E-state index is 12.5. The number of aryl methyl sites for hydroxylation is 1. The van der Waals surface area contributed by atoms with E-state index < -0.39 is 0 Å². The molecule has 0 bridgehead atoms. The molecule has 0 saturated carbocycles. The minimum absolute atomic E-state index is 0.204. The predicted molar refractivity (Wildman–Crippen MR) is 107 cm³/mol. The number of anilines is 1. The van der Waals surface area contributed by atoms with Gasteiger partial charge in [0.15, 0.2) is 5.82 Å². The molecule has 0 spiro atoms. The number of carbonyl (C=O) groups excluding carboxylic acids is 1. The zero-order chi connectivity index (χ0) is 19.0. The highest BCUT2D eigenvalue weighted by Crippen LogP contribution is 2.28. The van der Waals surface area contributed by atoms with Gasteiger partial charge in [-0.2, -0.15) is 9.61 Å². The van der Waals surface area contributed by atoms with Crippen LogP contribution in [0.4, 0.5) is 5.69 Å². The van der Waals surface area contributed by atoms with Gasteiger partial charge in [0.2, 0.25) is 4.96 Å². The van der Waals surface area contributed by atoms with E-state index in [9.17, 15) is 4.79 Å². The number of halogens is 1. The van der Waals surface area contributed by atoms with Crippen molar-refractivity contribution in [3.05, 3.63) is 58.3 Å². The predicted octanol–water partition coefficient (Wildman–Crippen LogP) is 4.18. The smallest absolute Gasteiger partial charge is 0.255 e. The molecule has 27 heavy (non-hydrogen) atoms. The van der Waals surface area contributed by atoms with E-state index in [1.165, 1.54) is 11.3 Å². The van der Waals surface area contributed by atoms with Gasteiger partial charge in [0.05, 0.1) is 11.6 Å². The molecule has 2 aromatic carbocycles. The van der Waals surface area contributed by atoms with E-state index in [-0.39, 0.29) is 5.91 Å². The van der Waals surface area contributed by atoms with Crippen molar-refractivity contribution in [3.63, 3.8) is 0 Å². The molecule has 0 aliphatic rings. The molecule has 1 N–H and O–H groups in total. The van der Waals surface area contributed by atoms with Crippen LogP contribution in [0, 0.1) is 6.92 Å². The molecule has 136 valence electrons. The molecule has 0 atom stereocenters. The molecule has 0 fully saturated rings. The van der Waals surface area contributed by atoms with Crippen LogP contribution in [-0.2, 0) is 0 Å². The van der Waals surface area contributed by atoms with E-state index in [0.29, 0.717) is 17.0 Å². The van der Waals surface area contributed by atoms with Gasteiger partial charge < -0.3 is 10.1 Å². The summed E-state index contributed by atoms with van der Waals surface area (Å²) in [6, 6.07) is 12.7. The number of hydrogen-bond acceptors (Lipinski definition) is 6. The lowest BCUT2D eigenvalue weighted by Crippen LogP contribution is -2.11. The second-order valence-electron chi connectivity index (χ2n) is 5.73. The summed E-state index contributed by atoms with van der Waals surface area (Å²) in [5.74, 6) is 1.21. The zero-order valence-corrected chi connectivity index (χ0v) is 16.8. The van der Waals surface area contributed by atoms with E-state index in [1.807, 2.05) is 31.2 Å². The normalized spacial score (nSPS) is 10.9. The van der Waals surface area contributed by atoms with Gasteiger partial charge in [-0.25, -0.2) is 0 Å². The Bertz CT molecular complexity index is 1150. The van der Waals surface area contributed by atoms with Crippen molar-refractivity contribution in [2.45, 2.75) is 6.92 Å². The number of fused-ring (bicyclic) bond motifs is 1. The maximum Gasteiger partial charge on any atom is 0.255 e. The number of hydrogen-bond donors (Lipinski definition) is 1. The van der Waals surface area contributed by atoms with Gasteiger partial charge in [0, 0.05) is 16.8 Å². The summed E-state index contributed by atoms with van der Waals surface area (Å²) in [4.78, 5) is 13.3. The van der Waals surface area contributed by atoms with Crippen molar-refractivity contribution in [2.24, 2.45) is 0 Å². The molecule has 0 unspecified atom stereocenters. The van der Waals surface area contributed by atoms with Crippen LogP contribution in [0.25, 0.3) is 15.5 Å². The highest BCUT2D eigenvalue weighted by Gasteiger charge is 2.13. The third-order valence-electron chi connectivity index (χ3n) is 3.93. The number of nitrogens with one attached hydrogen (secondary N) is 1. The van der Waals surface area contributed by atoms with Crippen molar-refractivity contribution in [2.75, 3.05) is 12.4 Å². The third kappa shape index (κ3) is 3.43. The Kier molecular flexibility index (Phi) is 4.63. The van der Waals surface area contributed by atoms with Crippen LogP contribution in [0.3, 0.4) is 0 Å². The van der Waals surface area contributed by atoms with E-state index in [1.54, 1.807) is 29.8 Å². The topological polar surface area (TPSA) is 81.4 Å². The van der Waals surface area contributed by atoms with E-state index >= 15 is 0 Å². The van der Waals surface area contributed by atoms with E-state index in [0.717, 1.165) is 25.8 Å². The summed E-state index contributed by atoms with van der Waals surface area (Å²) in [6.07, 6.45) is 0. The van der Waals surface area contributed by atoms with E-state index in [4.69, 9.17) is 4.74 Å². The Hall–Kier alpha value is -2.78. The van der Waals surface area contributed by atoms with Crippen molar-refractivity contribution < 1.29 is 9.53 Å². The SMILES string of the molecule is COc1ccc(C(=O)Nc2cccc(-c3nn4c(C)nnc4s3)c2)cc1Br. The number of nitrogens with zero attached hydrogens (tertiary/aromatic N) is 4. The summed E-state index contributed by atoms with van der Waals surface area (Å²) >= 11 is 4.84. The molecule has 7 nitrogen and oxygen atoms in total. The Morgan fingerprint density at radius 2 is 2.07 bits per heavy atom. The zero-order valence-electron chi connectivity index (χ0n) is 14.4. The molecule has 0 saturated heterocycles. The van der Waals surface area contributed by atoms with Crippen LogP contribution in [0.15, 0.2) is 46.9 Å². The summed E-state index contributed by atoms with van der Waals surface area (Å²) in [5.41, 5.74) is 2.12. The van der Waals surface area contributed by atoms with Crippen LogP contribution in [-0.4, -0.2) is 32.8 Å². The molecule has 1 amide bonds. The molecule has 4 rings (SSSR count). The first-order valence-corrected chi connectivity index (χ1v) is 9.60. The molecule has 2 aromatic heterocycles. The number of benzene rings is 2. The second kappa shape index (κ2) is 7.09. The van der Waals surface area contributed by atoms with Crippen molar-refractivity contribution in [1.29, 1.82) is 0 Å². The van der Waals surface area contributed by atoms with Gasteiger partial charge in [-0.1, -0.05) is 23.5 Å². The first kappa shape index (κ1) is 17.6.